The number of thiazole rings is 1. The molecule has 0 aliphatic heterocycles. The van der Waals surface area contributed by atoms with Crippen molar-refractivity contribution in [1.29, 1.82) is 0 Å². The molecule has 0 saturated carbocycles. The fourth-order valence-corrected chi connectivity index (χ4v) is 4.03. The molecule has 1 N–H and O–H groups in total. The van der Waals surface area contributed by atoms with E-state index < -0.39 is 6.10 Å². The van der Waals surface area contributed by atoms with Gasteiger partial charge in [-0.15, -0.1) is 11.3 Å². The third-order valence-corrected chi connectivity index (χ3v) is 5.52. The van der Waals surface area contributed by atoms with Crippen LogP contribution in [-0.4, -0.2) is 10.1 Å². The van der Waals surface area contributed by atoms with Crippen LogP contribution in [0, 0.1) is 6.92 Å². The lowest BCUT2D eigenvalue weighted by Gasteiger charge is -2.11. The van der Waals surface area contributed by atoms with E-state index in [1.54, 1.807) is 11.3 Å². The lowest BCUT2D eigenvalue weighted by molar-refractivity contribution is 0.224. The molecule has 0 saturated heterocycles. The number of hydrogen-bond donors (Lipinski definition) is 1. The zero-order chi connectivity index (χ0) is 17.9. The first-order valence-corrected chi connectivity index (χ1v) is 9.40. The summed E-state index contributed by atoms with van der Waals surface area (Å²) < 4.78 is 0. The van der Waals surface area contributed by atoms with Crippen molar-refractivity contribution in [2.75, 3.05) is 0 Å². The molecular formula is C23H19NOS. The summed E-state index contributed by atoms with van der Waals surface area (Å²) in [6, 6.07) is 28.2. The Balaban J connectivity index is 1.85. The van der Waals surface area contributed by atoms with Crippen LogP contribution in [0.25, 0.3) is 21.8 Å². The average Bonchev–Trinajstić information content (AvgIpc) is 3.15. The van der Waals surface area contributed by atoms with Crippen molar-refractivity contribution in [2.24, 2.45) is 0 Å². The molecule has 1 unspecified atom stereocenters. The van der Waals surface area contributed by atoms with Gasteiger partial charge in [-0.05, 0) is 12.5 Å². The van der Waals surface area contributed by atoms with Crippen molar-refractivity contribution < 1.29 is 5.11 Å². The molecule has 3 heteroatoms. The van der Waals surface area contributed by atoms with E-state index in [0.29, 0.717) is 0 Å². The van der Waals surface area contributed by atoms with E-state index in [9.17, 15) is 5.11 Å². The normalized spacial score (nSPS) is 12.1. The Morgan fingerprint density at radius 3 is 2.04 bits per heavy atom. The van der Waals surface area contributed by atoms with Gasteiger partial charge in [-0.1, -0.05) is 90.5 Å². The average molecular weight is 357 g/mol. The van der Waals surface area contributed by atoms with E-state index in [2.05, 4.69) is 43.3 Å². The number of benzene rings is 3. The summed E-state index contributed by atoms with van der Waals surface area (Å²) in [5.41, 5.74) is 5.03. The number of hydrogen-bond acceptors (Lipinski definition) is 3. The predicted octanol–water partition coefficient (Wildman–Crippen LogP) is 5.87. The van der Waals surface area contributed by atoms with Gasteiger partial charge in [0.2, 0.25) is 0 Å². The molecule has 0 bridgehead atoms. The van der Waals surface area contributed by atoms with Gasteiger partial charge in [-0.3, -0.25) is 0 Å². The highest BCUT2D eigenvalue weighted by atomic mass is 32.1. The fraction of sp³-hybridized carbons (Fsp3) is 0.0870. The minimum absolute atomic E-state index is 0.692. The molecule has 1 heterocycles. The number of aliphatic hydroxyl groups excluding tert-OH is 1. The molecule has 3 aromatic carbocycles. The number of aryl methyl sites for hydroxylation is 1. The zero-order valence-corrected chi connectivity index (χ0v) is 15.3. The van der Waals surface area contributed by atoms with Crippen molar-refractivity contribution in [2.45, 2.75) is 13.0 Å². The molecule has 128 valence electrons. The molecule has 0 amide bonds. The second-order valence-corrected chi connectivity index (χ2v) is 7.31. The highest BCUT2D eigenvalue weighted by Gasteiger charge is 2.21. The van der Waals surface area contributed by atoms with Gasteiger partial charge in [-0.25, -0.2) is 4.98 Å². The van der Waals surface area contributed by atoms with E-state index in [1.165, 1.54) is 5.56 Å². The summed E-state index contributed by atoms with van der Waals surface area (Å²) in [5, 5.41) is 11.9. The van der Waals surface area contributed by atoms with E-state index in [1.807, 2.05) is 48.5 Å². The molecule has 0 aliphatic rings. The van der Waals surface area contributed by atoms with Crippen LogP contribution in [0.1, 0.15) is 22.1 Å². The molecule has 4 aromatic rings. The van der Waals surface area contributed by atoms with Crippen LogP contribution < -0.4 is 0 Å². The standard InChI is InChI=1S/C23H19NOS/c1-16-12-14-17(15-13-16)20-22(21(25)18-8-4-2-5-9-18)26-23(24-20)19-10-6-3-7-11-19/h2-15,21,25H,1H3. The maximum absolute atomic E-state index is 11.0. The van der Waals surface area contributed by atoms with Gasteiger partial charge in [-0.2, -0.15) is 0 Å². The number of aliphatic hydroxyl groups is 1. The second-order valence-electron chi connectivity index (χ2n) is 6.28. The smallest absolute Gasteiger partial charge is 0.124 e. The van der Waals surface area contributed by atoms with Crippen molar-refractivity contribution in [3.63, 3.8) is 0 Å². The maximum atomic E-state index is 11.0. The van der Waals surface area contributed by atoms with Crippen LogP contribution in [0.5, 0.6) is 0 Å². The zero-order valence-electron chi connectivity index (χ0n) is 14.5. The Morgan fingerprint density at radius 1 is 0.769 bits per heavy atom. The summed E-state index contributed by atoms with van der Waals surface area (Å²) in [4.78, 5) is 5.76. The Bertz CT molecular complexity index is 992. The summed E-state index contributed by atoms with van der Waals surface area (Å²) in [6.07, 6.45) is -0.692. The molecule has 4 rings (SSSR count). The maximum Gasteiger partial charge on any atom is 0.124 e. The van der Waals surface area contributed by atoms with Crippen LogP contribution in [0.4, 0.5) is 0 Å². The van der Waals surface area contributed by atoms with Gasteiger partial charge in [0.1, 0.15) is 11.1 Å². The van der Waals surface area contributed by atoms with Gasteiger partial charge in [0.15, 0.2) is 0 Å². The molecule has 26 heavy (non-hydrogen) atoms. The number of rotatable bonds is 4. The second kappa shape index (κ2) is 7.24. The molecule has 2 nitrogen and oxygen atoms in total. The Labute approximate surface area is 157 Å². The minimum atomic E-state index is -0.692. The summed E-state index contributed by atoms with van der Waals surface area (Å²) in [6.45, 7) is 2.07. The fourth-order valence-electron chi connectivity index (χ4n) is 2.93. The van der Waals surface area contributed by atoms with Gasteiger partial charge in [0.05, 0.1) is 10.6 Å². The summed E-state index contributed by atoms with van der Waals surface area (Å²) >= 11 is 1.55. The van der Waals surface area contributed by atoms with Crippen molar-refractivity contribution >= 4 is 11.3 Å². The van der Waals surface area contributed by atoms with Gasteiger partial charge < -0.3 is 5.11 Å². The Hall–Kier alpha value is -2.75. The van der Waals surface area contributed by atoms with Gasteiger partial charge in [0, 0.05) is 11.1 Å². The lowest BCUT2D eigenvalue weighted by atomic mass is 10.0. The quantitative estimate of drug-likeness (QED) is 0.496. The molecule has 0 spiro atoms. The van der Waals surface area contributed by atoms with Crippen LogP contribution in [0.2, 0.25) is 0 Å². The van der Waals surface area contributed by atoms with Gasteiger partial charge in [0.25, 0.3) is 0 Å². The first-order chi connectivity index (χ1) is 12.7. The molecule has 0 radical (unpaired) electrons. The highest BCUT2D eigenvalue weighted by Crippen LogP contribution is 2.39. The van der Waals surface area contributed by atoms with Crippen molar-refractivity contribution in [3.8, 4) is 21.8 Å². The lowest BCUT2D eigenvalue weighted by Crippen LogP contribution is -1.99. The first-order valence-electron chi connectivity index (χ1n) is 8.58. The summed E-state index contributed by atoms with van der Waals surface area (Å²) in [5.74, 6) is 0. The topological polar surface area (TPSA) is 33.1 Å². The molecule has 0 fully saturated rings. The minimum Gasteiger partial charge on any atom is -0.383 e. The van der Waals surface area contributed by atoms with E-state index in [0.717, 1.165) is 32.3 Å². The van der Waals surface area contributed by atoms with Crippen molar-refractivity contribution in [1.82, 2.24) is 4.98 Å². The largest absolute Gasteiger partial charge is 0.383 e. The highest BCUT2D eigenvalue weighted by molar-refractivity contribution is 7.15. The molecule has 0 aliphatic carbocycles. The summed E-state index contributed by atoms with van der Waals surface area (Å²) in [7, 11) is 0. The van der Waals surface area contributed by atoms with Crippen LogP contribution in [0.3, 0.4) is 0 Å². The van der Waals surface area contributed by atoms with Crippen LogP contribution in [-0.2, 0) is 0 Å². The number of nitrogens with zero attached hydrogens (tertiary/aromatic N) is 1. The van der Waals surface area contributed by atoms with Gasteiger partial charge >= 0.3 is 0 Å². The third-order valence-electron chi connectivity index (χ3n) is 4.36. The predicted molar refractivity (Wildman–Crippen MR) is 108 cm³/mol. The Morgan fingerprint density at radius 2 is 1.38 bits per heavy atom. The SMILES string of the molecule is Cc1ccc(-c2nc(-c3ccccc3)sc2C(O)c2ccccc2)cc1. The molecule has 1 aromatic heterocycles. The number of aromatic nitrogens is 1. The molecule has 1 atom stereocenters. The van der Waals surface area contributed by atoms with Crippen LogP contribution in [0.15, 0.2) is 84.9 Å². The third kappa shape index (κ3) is 3.32. The van der Waals surface area contributed by atoms with Crippen molar-refractivity contribution in [3.05, 3.63) is 101 Å². The van der Waals surface area contributed by atoms with E-state index >= 15 is 0 Å². The Kier molecular flexibility index (Phi) is 4.65. The molecular weight excluding hydrogens is 338 g/mol. The first kappa shape index (κ1) is 16.7. The van der Waals surface area contributed by atoms with E-state index in [-0.39, 0.29) is 0 Å². The monoisotopic (exact) mass is 357 g/mol. The van der Waals surface area contributed by atoms with E-state index in [4.69, 9.17) is 4.98 Å². The van der Waals surface area contributed by atoms with Crippen LogP contribution >= 0.6 is 11.3 Å².